The highest BCUT2D eigenvalue weighted by atomic mass is 15.1. The number of anilines is 3. The van der Waals surface area contributed by atoms with Crippen molar-refractivity contribution in [1.82, 2.24) is 0 Å². The predicted octanol–water partition coefficient (Wildman–Crippen LogP) is 12.8. The maximum atomic E-state index is 10.2. The molecular weight excluding hydrogens is 555 g/mol. The first-order valence-corrected chi connectivity index (χ1v) is 15.8. The number of benzene rings is 6. The van der Waals surface area contributed by atoms with Gasteiger partial charge in [-0.3, -0.25) is 0 Å². The molecule has 0 aliphatic heterocycles. The van der Waals surface area contributed by atoms with Crippen LogP contribution in [0.4, 0.5) is 17.1 Å². The van der Waals surface area contributed by atoms with Crippen molar-refractivity contribution in [2.24, 2.45) is 5.41 Å². The third-order valence-electron chi connectivity index (χ3n) is 10.7. The molecule has 6 aromatic carbocycles. The maximum absolute atomic E-state index is 10.2. The highest BCUT2D eigenvalue weighted by Gasteiger charge is 2.57. The van der Waals surface area contributed by atoms with Crippen LogP contribution in [-0.2, 0) is 10.8 Å². The second-order valence-corrected chi connectivity index (χ2v) is 13.6. The summed E-state index contributed by atoms with van der Waals surface area (Å²) >= 11 is 0. The minimum absolute atomic E-state index is 0.0957. The van der Waals surface area contributed by atoms with Crippen LogP contribution in [0.1, 0.15) is 63.6 Å². The van der Waals surface area contributed by atoms with Gasteiger partial charge in [-0.05, 0) is 91.5 Å². The Balaban J connectivity index is 1.53. The molecule has 0 heterocycles. The Bertz CT molecular complexity index is 2290. The van der Waals surface area contributed by atoms with Gasteiger partial charge in [-0.2, -0.15) is 0 Å². The average molecular weight is 606 g/mol. The first kappa shape index (κ1) is 21.8. The molecule has 7 rings (SSSR count). The summed E-state index contributed by atoms with van der Waals surface area (Å²) in [5.41, 5.74) is 6.06. The lowest BCUT2D eigenvalue weighted by atomic mass is 9.59. The maximum Gasteiger partial charge on any atom is 0.0648 e. The molecule has 1 aliphatic carbocycles. The Morgan fingerprint density at radius 1 is 0.457 bits per heavy atom. The minimum atomic E-state index is -0.472. The number of hydrogen-bond donors (Lipinski definition) is 0. The predicted molar refractivity (Wildman–Crippen MR) is 197 cm³/mol. The quantitative estimate of drug-likeness (QED) is 0.183. The molecular formula is C45H43N. The lowest BCUT2D eigenvalue weighted by Crippen LogP contribution is -2.42. The van der Waals surface area contributed by atoms with Crippen molar-refractivity contribution in [1.29, 1.82) is 0 Å². The first-order valence-electron chi connectivity index (χ1n) is 19.8. The Morgan fingerprint density at radius 2 is 0.891 bits per heavy atom. The summed E-state index contributed by atoms with van der Waals surface area (Å²) < 4.78 is 70.3. The van der Waals surface area contributed by atoms with Gasteiger partial charge < -0.3 is 4.90 Å². The van der Waals surface area contributed by atoms with Gasteiger partial charge in [0.2, 0.25) is 0 Å². The molecule has 0 atom stereocenters. The van der Waals surface area contributed by atoms with Gasteiger partial charge >= 0.3 is 0 Å². The fourth-order valence-corrected chi connectivity index (χ4v) is 6.73. The molecule has 46 heavy (non-hydrogen) atoms. The van der Waals surface area contributed by atoms with Crippen molar-refractivity contribution >= 4 is 17.1 Å². The van der Waals surface area contributed by atoms with Crippen molar-refractivity contribution in [2.45, 2.75) is 52.4 Å². The molecule has 0 radical (unpaired) electrons. The Kier molecular flexibility index (Phi) is 5.29. The number of fused-ring (bicyclic) bond motifs is 1. The highest BCUT2D eigenvalue weighted by Crippen LogP contribution is 2.63. The van der Waals surface area contributed by atoms with Crippen LogP contribution in [0.2, 0.25) is 0 Å². The van der Waals surface area contributed by atoms with Gasteiger partial charge in [0.1, 0.15) is 0 Å². The van der Waals surface area contributed by atoms with Gasteiger partial charge in [0.05, 0.1) is 16.7 Å². The van der Waals surface area contributed by atoms with E-state index in [1.165, 1.54) is 24.3 Å². The van der Waals surface area contributed by atoms with Crippen LogP contribution in [0.25, 0.3) is 33.4 Å². The molecule has 0 fully saturated rings. The lowest BCUT2D eigenvalue weighted by Gasteiger charge is -2.44. The van der Waals surface area contributed by atoms with E-state index in [2.05, 4.69) is 41.5 Å². The largest absolute Gasteiger partial charge is 0.310 e. The van der Waals surface area contributed by atoms with Crippen LogP contribution in [-0.4, -0.2) is 0 Å². The van der Waals surface area contributed by atoms with Crippen LogP contribution < -0.4 is 4.90 Å². The van der Waals surface area contributed by atoms with E-state index in [-0.39, 0.29) is 41.7 Å². The number of nitrogens with zero attached hydrogens (tertiary/aromatic N) is 1. The molecule has 0 bridgehead atoms. The molecule has 0 spiro atoms. The SMILES string of the molecule is [2H]c1cc([2H])c(-c2ccc(N(c3ccc(-c4c([2H])cc([2H])cc4[2H])cc3)c3c([2H])c4c(c([2H])c3-c3ccccc3)C(C)(C)C(C)(C)C4(C)C)cc2)c([2H])c1. The molecule has 1 nitrogen and oxygen atoms in total. The number of rotatable bonds is 6. The van der Waals surface area contributed by atoms with E-state index in [1.54, 1.807) is 0 Å². The van der Waals surface area contributed by atoms with Crippen LogP contribution in [0.5, 0.6) is 0 Å². The Hall–Kier alpha value is -4.88. The topological polar surface area (TPSA) is 3.24 Å². The van der Waals surface area contributed by atoms with E-state index in [1.807, 2.05) is 83.8 Å². The van der Waals surface area contributed by atoms with Gasteiger partial charge in [-0.1, -0.05) is 157 Å². The zero-order valence-electron chi connectivity index (χ0n) is 35.3. The summed E-state index contributed by atoms with van der Waals surface area (Å²) in [6.45, 7) is 13.2. The fourth-order valence-electron chi connectivity index (χ4n) is 6.73. The second-order valence-electron chi connectivity index (χ2n) is 13.6. The normalized spacial score (nSPS) is 18.1. The van der Waals surface area contributed by atoms with E-state index in [0.717, 1.165) is 16.7 Å². The van der Waals surface area contributed by atoms with E-state index in [9.17, 15) is 2.74 Å². The molecule has 0 N–H and O–H groups in total. The second kappa shape index (κ2) is 11.2. The molecule has 0 unspecified atom stereocenters. The number of hydrogen-bond acceptors (Lipinski definition) is 1. The Labute approximate surface area is 286 Å². The van der Waals surface area contributed by atoms with Crippen molar-refractivity contribution in [3.05, 3.63) is 163 Å². The van der Waals surface area contributed by atoms with Crippen LogP contribution in [0, 0.1) is 5.41 Å². The molecule has 6 aromatic rings. The lowest BCUT2D eigenvalue weighted by molar-refractivity contribution is 0.125. The van der Waals surface area contributed by atoms with Crippen molar-refractivity contribution in [3.8, 4) is 33.4 Å². The molecule has 0 saturated heterocycles. The summed E-state index contributed by atoms with van der Waals surface area (Å²) in [4.78, 5) is 2.00. The van der Waals surface area contributed by atoms with Gasteiger partial charge in [-0.15, -0.1) is 0 Å². The fraction of sp³-hybridized carbons (Fsp3) is 0.200. The summed E-state index contributed by atoms with van der Waals surface area (Å²) in [6, 6.07) is 31.8. The summed E-state index contributed by atoms with van der Waals surface area (Å²) in [6.07, 6.45) is 0. The van der Waals surface area contributed by atoms with E-state index in [4.69, 9.17) is 8.22 Å². The molecule has 0 saturated carbocycles. The van der Waals surface area contributed by atoms with E-state index in [0.29, 0.717) is 57.0 Å². The third-order valence-corrected chi connectivity index (χ3v) is 10.7. The summed E-state index contributed by atoms with van der Waals surface area (Å²) in [7, 11) is 0. The average Bonchev–Trinajstić information content (AvgIpc) is 3.21. The Morgan fingerprint density at radius 3 is 1.35 bits per heavy atom. The van der Waals surface area contributed by atoms with Crippen LogP contribution in [0.15, 0.2) is 151 Å². The third kappa shape index (κ3) is 4.77. The van der Waals surface area contributed by atoms with Gasteiger partial charge in [0.15, 0.2) is 0 Å². The van der Waals surface area contributed by atoms with Crippen LogP contribution >= 0.6 is 0 Å². The standard InChI is InChI=1S/C45H43N/c1-43(2)40-30-39(36-20-14-9-15-21-36)42(31-41(40)44(3,4)45(43,5)6)46(37-26-22-34(23-27-37)32-16-10-7-11-17-32)38-28-24-35(25-29-38)33-18-12-8-13-19-33/h7-31H,1-6H3/i7D,8D,16D,17D,18D,19D,30D,31D. The van der Waals surface area contributed by atoms with Crippen molar-refractivity contribution in [3.63, 3.8) is 0 Å². The molecule has 0 aromatic heterocycles. The van der Waals surface area contributed by atoms with Crippen molar-refractivity contribution in [2.75, 3.05) is 4.90 Å². The van der Waals surface area contributed by atoms with Gasteiger partial charge in [0, 0.05) is 16.9 Å². The first-order chi connectivity index (χ1) is 25.4. The van der Waals surface area contributed by atoms with E-state index >= 15 is 0 Å². The van der Waals surface area contributed by atoms with Gasteiger partial charge in [0.25, 0.3) is 0 Å². The van der Waals surface area contributed by atoms with E-state index < -0.39 is 10.8 Å². The zero-order valence-corrected chi connectivity index (χ0v) is 27.3. The monoisotopic (exact) mass is 605 g/mol. The minimum Gasteiger partial charge on any atom is -0.310 e. The van der Waals surface area contributed by atoms with Crippen LogP contribution in [0.3, 0.4) is 0 Å². The summed E-state index contributed by atoms with van der Waals surface area (Å²) in [5, 5.41) is 0. The molecule has 1 aliphatic rings. The highest BCUT2D eigenvalue weighted by molar-refractivity contribution is 5.90. The zero-order chi connectivity index (χ0) is 39.1. The summed E-state index contributed by atoms with van der Waals surface area (Å²) in [5.74, 6) is 0. The van der Waals surface area contributed by atoms with Gasteiger partial charge in [-0.25, -0.2) is 0 Å². The molecule has 0 amide bonds. The smallest absolute Gasteiger partial charge is 0.0648 e. The molecule has 228 valence electrons. The molecule has 1 heteroatoms. The van der Waals surface area contributed by atoms with Crippen molar-refractivity contribution < 1.29 is 11.0 Å².